The smallest absolute Gasteiger partial charge is 0.262 e. The van der Waals surface area contributed by atoms with Crippen molar-refractivity contribution in [1.29, 1.82) is 0 Å². The number of hydrogen-bond donors (Lipinski definition) is 0. The molecule has 12 heavy (non-hydrogen) atoms. The molecule has 0 spiro atoms. The van der Waals surface area contributed by atoms with Gasteiger partial charge in [-0.25, -0.2) is 0 Å². The predicted molar refractivity (Wildman–Crippen MR) is 58.2 cm³/mol. The fourth-order valence-corrected chi connectivity index (χ4v) is 2.10. The molecule has 0 fully saturated rings. The first-order valence-corrected chi connectivity index (χ1v) is 5.42. The first-order valence-electron chi connectivity index (χ1n) is 4.44. The van der Waals surface area contributed by atoms with E-state index in [0.717, 1.165) is 0 Å². The number of unbranched alkanes of at least 4 members (excludes halogenated alkanes) is 1. The van der Waals surface area contributed by atoms with Crippen molar-refractivity contribution in [2.45, 2.75) is 19.8 Å². The molecule has 0 aliphatic carbocycles. The van der Waals surface area contributed by atoms with Crippen molar-refractivity contribution in [2.24, 2.45) is 0 Å². The van der Waals surface area contributed by atoms with Gasteiger partial charge in [0.2, 0.25) is 0 Å². The van der Waals surface area contributed by atoms with Crippen LogP contribution in [0.5, 0.6) is 0 Å². The van der Waals surface area contributed by atoms with E-state index in [0.29, 0.717) is 0 Å². The van der Waals surface area contributed by atoms with Crippen molar-refractivity contribution in [2.75, 3.05) is 33.9 Å². The van der Waals surface area contributed by atoms with Crippen molar-refractivity contribution < 1.29 is 4.58 Å². The zero-order chi connectivity index (χ0) is 9.56. The molecule has 0 amide bonds. The lowest BCUT2D eigenvalue weighted by atomic mass is 10.4. The molecule has 0 aliphatic rings. The van der Waals surface area contributed by atoms with E-state index in [4.69, 9.17) is 0 Å². The molecule has 0 atom stereocenters. The maximum Gasteiger partial charge on any atom is 0.307 e. The van der Waals surface area contributed by atoms with Crippen LogP contribution in [0.4, 0.5) is 0 Å². The average molecular weight is 189 g/mol. The molecule has 0 aliphatic heterocycles. The highest BCUT2D eigenvalue weighted by atomic mass is 32.2. The van der Waals surface area contributed by atoms with E-state index in [2.05, 4.69) is 44.6 Å². The number of hydrogen-bond acceptors (Lipinski definition) is 1. The second-order valence-electron chi connectivity index (χ2n) is 3.27. The first kappa shape index (κ1) is 11.8. The Balaban J connectivity index is 3.91. The molecule has 0 heterocycles. The summed E-state index contributed by atoms with van der Waals surface area (Å²) < 4.78 is 2.17. The molecule has 72 valence electrons. The van der Waals surface area contributed by atoms with Crippen LogP contribution in [0.25, 0.3) is 0 Å². The predicted octanol–water partition coefficient (Wildman–Crippen LogP) is 1.71. The highest BCUT2D eigenvalue weighted by Crippen LogP contribution is 2.08. The van der Waals surface area contributed by atoms with Crippen LogP contribution in [0, 0.1) is 0 Å². The first-order chi connectivity index (χ1) is 5.59. The highest BCUT2D eigenvalue weighted by Gasteiger charge is 2.10. The highest BCUT2D eigenvalue weighted by molar-refractivity contribution is 8.13. The van der Waals surface area contributed by atoms with E-state index < -0.39 is 0 Å². The number of nitrogens with zero attached hydrogens (tertiary/aromatic N) is 2. The van der Waals surface area contributed by atoms with Crippen LogP contribution in [0.1, 0.15) is 19.8 Å². The van der Waals surface area contributed by atoms with Gasteiger partial charge in [0.05, 0.1) is 28.2 Å². The standard InChI is InChI=1S/C9H21N2S/c1-6-7-8-12-9(10(2)3)11(4)5/h6-8H2,1-5H3/q+1. The average Bonchev–Trinajstić information content (AvgIpc) is 1.96. The van der Waals surface area contributed by atoms with Gasteiger partial charge in [-0.2, -0.15) is 0 Å². The summed E-state index contributed by atoms with van der Waals surface area (Å²) in [7, 11) is 8.37. The van der Waals surface area contributed by atoms with Crippen molar-refractivity contribution in [1.82, 2.24) is 4.90 Å². The second kappa shape index (κ2) is 6.35. The van der Waals surface area contributed by atoms with Crippen LogP contribution in [-0.4, -0.2) is 48.6 Å². The lowest BCUT2D eigenvalue weighted by Gasteiger charge is -2.09. The van der Waals surface area contributed by atoms with E-state index in [1.165, 1.54) is 23.8 Å². The molecular weight excluding hydrogens is 168 g/mol. The number of rotatable bonds is 3. The summed E-state index contributed by atoms with van der Waals surface area (Å²) in [4.78, 5) is 2.17. The van der Waals surface area contributed by atoms with E-state index in [9.17, 15) is 0 Å². The Morgan fingerprint density at radius 1 is 1.33 bits per heavy atom. The second-order valence-corrected chi connectivity index (χ2v) is 4.34. The van der Waals surface area contributed by atoms with Gasteiger partial charge in [0, 0.05) is 5.75 Å². The molecule has 3 heteroatoms. The fraction of sp³-hybridized carbons (Fsp3) is 0.889. The van der Waals surface area contributed by atoms with Crippen LogP contribution in [-0.2, 0) is 0 Å². The molecule has 0 bridgehead atoms. The van der Waals surface area contributed by atoms with E-state index in [1.54, 1.807) is 0 Å². The third-order valence-electron chi connectivity index (χ3n) is 1.49. The Labute approximate surface area is 80.6 Å². The Morgan fingerprint density at radius 3 is 2.25 bits per heavy atom. The summed E-state index contributed by atoms with van der Waals surface area (Å²) in [5.41, 5.74) is 0. The van der Waals surface area contributed by atoms with E-state index >= 15 is 0 Å². The number of thioether (sulfide) groups is 1. The van der Waals surface area contributed by atoms with Crippen LogP contribution >= 0.6 is 11.8 Å². The maximum atomic E-state index is 2.23. The van der Waals surface area contributed by atoms with E-state index in [-0.39, 0.29) is 0 Å². The van der Waals surface area contributed by atoms with Gasteiger partial charge in [-0.1, -0.05) is 13.3 Å². The van der Waals surface area contributed by atoms with Crippen LogP contribution in [0.2, 0.25) is 0 Å². The molecule has 0 aromatic heterocycles. The van der Waals surface area contributed by atoms with Gasteiger partial charge in [0.25, 0.3) is 0 Å². The lowest BCUT2D eigenvalue weighted by Crippen LogP contribution is -2.26. The van der Waals surface area contributed by atoms with Gasteiger partial charge in [-0.15, -0.1) is 0 Å². The minimum Gasteiger partial charge on any atom is -0.262 e. The Kier molecular flexibility index (Phi) is 6.25. The van der Waals surface area contributed by atoms with Crippen molar-refractivity contribution in [3.05, 3.63) is 0 Å². The summed E-state index contributed by atoms with van der Waals surface area (Å²) in [5.74, 6) is 1.22. The minimum absolute atomic E-state index is 1.22. The molecule has 0 aromatic carbocycles. The molecular formula is C9H21N2S+. The molecule has 0 N–H and O–H groups in total. The quantitative estimate of drug-likeness (QED) is 0.288. The SMILES string of the molecule is CCCCSC(N(C)C)=[N+](C)C. The van der Waals surface area contributed by atoms with Crippen molar-refractivity contribution in [3.8, 4) is 0 Å². The molecule has 0 aromatic rings. The summed E-state index contributed by atoms with van der Waals surface area (Å²) >= 11 is 1.93. The Hall–Kier alpha value is -0.180. The van der Waals surface area contributed by atoms with Crippen molar-refractivity contribution in [3.63, 3.8) is 0 Å². The molecule has 0 saturated carbocycles. The Bertz CT molecular complexity index is 149. The zero-order valence-corrected chi connectivity index (χ0v) is 9.74. The molecule has 2 nitrogen and oxygen atoms in total. The normalized spacial score (nSPS) is 9.75. The summed E-state index contributed by atoms with van der Waals surface area (Å²) in [6, 6.07) is 0. The number of amidine groups is 1. The van der Waals surface area contributed by atoms with Gasteiger partial charge in [0.15, 0.2) is 0 Å². The topological polar surface area (TPSA) is 6.25 Å². The molecule has 0 radical (unpaired) electrons. The molecule has 0 rings (SSSR count). The minimum atomic E-state index is 1.22. The van der Waals surface area contributed by atoms with E-state index in [1.807, 2.05) is 11.8 Å². The maximum absolute atomic E-state index is 2.23. The summed E-state index contributed by atoms with van der Waals surface area (Å²) in [6.07, 6.45) is 2.58. The molecule has 0 saturated heterocycles. The Morgan fingerprint density at radius 2 is 1.92 bits per heavy atom. The fourth-order valence-electron chi connectivity index (χ4n) is 0.966. The summed E-state index contributed by atoms with van der Waals surface area (Å²) in [5, 5.41) is 1.34. The van der Waals surface area contributed by atoms with Gasteiger partial charge in [0.1, 0.15) is 0 Å². The van der Waals surface area contributed by atoms with Crippen molar-refractivity contribution >= 4 is 16.9 Å². The van der Waals surface area contributed by atoms with Gasteiger partial charge in [-0.05, 0) is 18.2 Å². The monoisotopic (exact) mass is 189 g/mol. The van der Waals surface area contributed by atoms with Crippen LogP contribution in [0.15, 0.2) is 0 Å². The third-order valence-corrected chi connectivity index (χ3v) is 2.98. The van der Waals surface area contributed by atoms with Crippen LogP contribution < -0.4 is 0 Å². The summed E-state index contributed by atoms with van der Waals surface area (Å²) in [6.45, 7) is 2.23. The molecule has 0 unspecified atom stereocenters. The van der Waals surface area contributed by atoms with Crippen LogP contribution in [0.3, 0.4) is 0 Å². The zero-order valence-electron chi connectivity index (χ0n) is 8.92. The van der Waals surface area contributed by atoms with Gasteiger partial charge >= 0.3 is 5.17 Å². The van der Waals surface area contributed by atoms with Gasteiger partial charge < -0.3 is 0 Å². The van der Waals surface area contributed by atoms with Gasteiger partial charge in [-0.3, -0.25) is 9.48 Å². The third kappa shape index (κ3) is 4.65. The lowest BCUT2D eigenvalue weighted by molar-refractivity contribution is -0.466. The largest absolute Gasteiger partial charge is 0.307 e.